The van der Waals surface area contributed by atoms with Crippen molar-refractivity contribution < 1.29 is 0 Å². The summed E-state index contributed by atoms with van der Waals surface area (Å²) < 4.78 is 2.03. The van der Waals surface area contributed by atoms with Crippen LogP contribution in [0.1, 0.15) is 43.7 Å². The third-order valence-corrected chi connectivity index (χ3v) is 2.64. The van der Waals surface area contributed by atoms with Crippen LogP contribution in [0.5, 0.6) is 0 Å². The quantitative estimate of drug-likeness (QED) is 0.740. The van der Waals surface area contributed by atoms with Gasteiger partial charge in [0.25, 0.3) is 0 Å². The van der Waals surface area contributed by atoms with Crippen LogP contribution in [0, 0.1) is 0 Å². The van der Waals surface area contributed by atoms with Gasteiger partial charge < -0.3 is 5.32 Å². The largest absolute Gasteiger partial charge is 0.312 e. The number of aromatic nitrogens is 3. The Morgan fingerprint density at radius 2 is 2.31 bits per heavy atom. The van der Waals surface area contributed by atoms with Gasteiger partial charge in [-0.2, -0.15) is 0 Å². The number of nitrogens with zero attached hydrogens (tertiary/aromatic N) is 3. The summed E-state index contributed by atoms with van der Waals surface area (Å²) in [5.74, 6) is 0. The van der Waals surface area contributed by atoms with Gasteiger partial charge in [0, 0.05) is 6.04 Å². The number of hydrogen-bond acceptors (Lipinski definition) is 3. The highest BCUT2D eigenvalue weighted by Gasteiger charge is 2.28. The van der Waals surface area contributed by atoms with Gasteiger partial charge in [-0.05, 0) is 33.7 Å². The lowest BCUT2D eigenvalue weighted by atomic mass is 10.2. The maximum atomic E-state index is 4.19. The molecule has 0 fully saturated rings. The third-order valence-electron chi connectivity index (χ3n) is 2.64. The number of rotatable bonds is 2. The minimum absolute atomic E-state index is 0.408. The standard InChI is InChI=1S/C9H16N4/c1-6(2)13-9-7(10-3)4-5-8(9)11-12-13/h6-7,10H,4-5H2,1-3H3. The molecule has 1 aromatic heterocycles. The Balaban J connectivity index is 2.40. The monoisotopic (exact) mass is 180 g/mol. The van der Waals surface area contributed by atoms with Crippen molar-refractivity contribution in [2.75, 3.05) is 7.05 Å². The highest BCUT2D eigenvalue weighted by molar-refractivity contribution is 5.21. The highest BCUT2D eigenvalue weighted by Crippen LogP contribution is 2.30. The van der Waals surface area contributed by atoms with E-state index in [2.05, 4.69) is 29.5 Å². The van der Waals surface area contributed by atoms with Crippen molar-refractivity contribution in [1.82, 2.24) is 20.3 Å². The molecule has 0 aromatic carbocycles. The predicted octanol–water partition coefficient (Wildman–Crippen LogP) is 1.07. The second-order valence-corrected chi connectivity index (χ2v) is 3.84. The summed E-state index contributed by atoms with van der Waals surface area (Å²) in [5, 5.41) is 11.7. The van der Waals surface area contributed by atoms with Crippen LogP contribution in [-0.4, -0.2) is 22.0 Å². The Hall–Kier alpha value is -0.900. The van der Waals surface area contributed by atoms with E-state index >= 15 is 0 Å². The average Bonchev–Trinajstić information content (AvgIpc) is 2.61. The first kappa shape index (κ1) is 8.69. The third kappa shape index (κ3) is 1.25. The molecule has 1 aliphatic carbocycles. The molecule has 1 N–H and O–H groups in total. The van der Waals surface area contributed by atoms with E-state index in [9.17, 15) is 0 Å². The fourth-order valence-electron chi connectivity index (χ4n) is 1.95. The fourth-order valence-corrected chi connectivity index (χ4v) is 1.95. The SMILES string of the molecule is CNC1CCc2nnn(C(C)C)c21. The van der Waals surface area contributed by atoms with Crippen molar-refractivity contribution in [1.29, 1.82) is 0 Å². The van der Waals surface area contributed by atoms with Crippen LogP contribution in [0.2, 0.25) is 0 Å². The van der Waals surface area contributed by atoms with Crippen LogP contribution in [-0.2, 0) is 6.42 Å². The first-order valence-corrected chi connectivity index (χ1v) is 4.85. The van der Waals surface area contributed by atoms with E-state index in [0.29, 0.717) is 12.1 Å². The minimum atomic E-state index is 0.408. The van der Waals surface area contributed by atoms with Crippen LogP contribution in [0.15, 0.2) is 0 Å². The predicted molar refractivity (Wildman–Crippen MR) is 50.5 cm³/mol. The van der Waals surface area contributed by atoms with Gasteiger partial charge in [-0.1, -0.05) is 5.21 Å². The summed E-state index contributed by atoms with van der Waals surface area (Å²) in [7, 11) is 2.00. The lowest BCUT2D eigenvalue weighted by molar-refractivity contribution is 0.451. The van der Waals surface area contributed by atoms with E-state index < -0.39 is 0 Å². The number of nitrogens with one attached hydrogen (secondary N) is 1. The molecule has 0 radical (unpaired) electrons. The number of hydrogen-bond donors (Lipinski definition) is 1. The van der Waals surface area contributed by atoms with Gasteiger partial charge in [0.15, 0.2) is 0 Å². The van der Waals surface area contributed by atoms with E-state index in [-0.39, 0.29) is 0 Å². The Morgan fingerprint density at radius 1 is 1.54 bits per heavy atom. The number of fused-ring (bicyclic) bond motifs is 1. The van der Waals surface area contributed by atoms with Crippen molar-refractivity contribution >= 4 is 0 Å². The second-order valence-electron chi connectivity index (χ2n) is 3.84. The van der Waals surface area contributed by atoms with Gasteiger partial charge >= 0.3 is 0 Å². The summed E-state index contributed by atoms with van der Waals surface area (Å²) in [6, 6.07) is 0.859. The van der Waals surface area contributed by atoms with Crippen molar-refractivity contribution in [2.45, 2.75) is 38.8 Å². The molecule has 1 aromatic rings. The molecule has 4 nitrogen and oxygen atoms in total. The summed E-state index contributed by atoms with van der Waals surface area (Å²) >= 11 is 0. The van der Waals surface area contributed by atoms with Crippen LogP contribution in [0.25, 0.3) is 0 Å². The molecule has 0 aliphatic heterocycles. The molecule has 72 valence electrons. The topological polar surface area (TPSA) is 42.7 Å². The van der Waals surface area contributed by atoms with Crippen molar-refractivity contribution in [2.24, 2.45) is 0 Å². The molecule has 1 aliphatic rings. The molecule has 0 saturated heterocycles. The first-order valence-electron chi connectivity index (χ1n) is 4.85. The van der Waals surface area contributed by atoms with Gasteiger partial charge in [0.1, 0.15) is 0 Å². The lowest BCUT2D eigenvalue weighted by Crippen LogP contribution is -2.19. The molecule has 0 spiro atoms. The zero-order chi connectivity index (χ0) is 9.42. The van der Waals surface area contributed by atoms with Gasteiger partial charge in [0.05, 0.1) is 17.4 Å². The molecule has 0 saturated carbocycles. The van der Waals surface area contributed by atoms with Gasteiger partial charge in [-0.3, -0.25) is 0 Å². The Morgan fingerprint density at radius 3 is 2.92 bits per heavy atom. The van der Waals surface area contributed by atoms with Gasteiger partial charge in [-0.25, -0.2) is 4.68 Å². The molecule has 0 amide bonds. The van der Waals surface area contributed by atoms with E-state index in [1.807, 2.05) is 11.7 Å². The molecular weight excluding hydrogens is 164 g/mol. The van der Waals surface area contributed by atoms with Crippen molar-refractivity contribution in [3.05, 3.63) is 11.4 Å². The normalized spacial score (nSPS) is 21.1. The Kier molecular flexibility index (Phi) is 2.07. The zero-order valence-electron chi connectivity index (χ0n) is 8.41. The highest BCUT2D eigenvalue weighted by atomic mass is 15.4. The maximum Gasteiger partial charge on any atom is 0.0876 e. The fraction of sp³-hybridized carbons (Fsp3) is 0.778. The molecule has 1 unspecified atom stereocenters. The van der Waals surface area contributed by atoms with E-state index in [0.717, 1.165) is 12.8 Å². The van der Waals surface area contributed by atoms with Crippen molar-refractivity contribution in [3.63, 3.8) is 0 Å². The smallest absolute Gasteiger partial charge is 0.0876 e. The van der Waals surface area contributed by atoms with Crippen LogP contribution in [0.3, 0.4) is 0 Å². The first-order chi connectivity index (χ1) is 6.24. The maximum absolute atomic E-state index is 4.19. The zero-order valence-corrected chi connectivity index (χ0v) is 8.41. The summed E-state index contributed by atoms with van der Waals surface area (Å²) in [6.07, 6.45) is 2.22. The summed E-state index contributed by atoms with van der Waals surface area (Å²) in [6.45, 7) is 4.28. The van der Waals surface area contributed by atoms with Gasteiger partial charge in [-0.15, -0.1) is 5.10 Å². The van der Waals surface area contributed by atoms with E-state index in [1.165, 1.54) is 11.4 Å². The molecule has 13 heavy (non-hydrogen) atoms. The molecule has 0 bridgehead atoms. The van der Waals surface area contributed by atoms with Crippen molar-refractivity contribution in [3.8, 4) is 0 Å². The van der Waals surface area contributed by atoms with E-state index in [4.69, 9.17) is 0 Å². The molecular formula is C9H16N4. The van der Waals surface area contributed by atoms with Gasteiger partial charge in [0.2, 0.25) is 0 Å². The van der Waals surface area contributed by atoms with Crippen LogP contribution >= 0.6 is 0 Å². The van der Waals surface area contributed by atoms with Crippen LogP contribution < -0.4 is 5.32 Å². The Bertz CT molecular complexity index is 303. The summed E-state index contributed by atoms with van der Waals surface area (Å²) in [5.41, 5.74) is 2.46. The Labute approximate surface area is 78.3 Å². The summed E-state index contributed by atoms with van der Waals surface area (Å²) in [4.78, 5) is 0. The minimum Gasteiger partial charge on any atom is -0.312 e. The number of aryl methyl sites for hydroxylation is 1. The second kappa shape index (κ2) is 3.10. The van der Waals surface area contributed by atoms with Crippen LogP contribution in [0.4, 0.5) is 0 Å². The molecule has 1 heterocycles. The lowest BCUT2D eigenvalue weighted by Gasteiger charge is -2.14. The molecule has 4 heteroatoms. The molecule has 2 rings (SSSR count). The molecule has 1 atom stereocenters. The average molecular weight is 180 g/mol. The van der Waals surface area contributed by atoms with E-state index in [1.54, 1.807) is 0 Å².